The molecule has 4 nitrogen and oxygen atoms in total. The van der Waals surface area contributed by atoms with E-state index in [1.165, 1.54) is 44.9 Å². The summed E-state index contributed by atoms with van der Waals surface area (Å²) in [7, 11) is 0. The quantitative estimate of drug-likeness (QED) is 0.436. The van der Waals surface area contributed by atoms with Crippen LogP contribution in [-0.4, -0.2) is 30.5 Å². The van der Waals surface area contributed by atoms with Crippen LogP contribution in [0.25, 0.3) is 0 Å². The molecule has 0 aromatic carbocycles. The van der Waals surface area contributed by atoms with Crippen LogP contribution in [0.3, 0.4) is 0 Å². The Labute approximate surface area is 202 Å². The average Bonchev–Trinajstić information content (AvgIpc) is 3.18. The molecule has 4 aliphatic carbocycles. The van der Waals surface area contributed by atoms with Gasteiger partial charge in [-0.2, -0.15) is 4.91 Å². The Hall–Kier alpha value is -0.480. The van der Waals surface area contributed by atoms with Gasteiger partial charge in [0.05, 0.1) is 12.1 Å². The summed E-state index contributed by atoms with van der Waals surface area (Å²) in [5.41, 5.74) is 0.959. The van der Waals surface area contributed by atoms with Crippen LogP contribution >= 0.6 is 0 Å². The normalized spacial score (nSPS) is 47.8. The summed E-state index contributed by atoms with van der Waals surface area (Å²) in [5.74, 6) is 5.37. The SMILES string of the molecule is C[C@H](CCC(N=O)C1CCOCC1)C1CCC2C3CCC4CC(O)CCC4(C)C3CCC21C. The van der Waals surface area contributed by atoms with Gasteiger partial charge >= 0.3 is 0 Å². The fourth-order valence-electron chi connectivity index (χ4n) is 10.3. The minimum atomic E-state index is -0.0454. The van der Waals surface area contributed by atoms with Crippen LogP contribution in [0.1, 0.15) is 104 Å². The molecule has 33 heavy (non-hydrogen) atoms. The molecule has 9 unspecified atom stereocenters. The van der Waals surface area contributed by atoms with Gasteiger partial charge in [0.1, 0.15) is 0 Å². The summed E-state index contributed by atoms with van der Waals surface area (Å²) in [4.78, 5) is 11.6. The predicted molar refractivity (Wildman–Crippen MR) is 133 cm³/mol. The summed E-state index contributed by atoms with van der Waals surface area (Å²) in [6, 6.07) is -0.00558. The molecule has 0 radical (unpaired) electrons. The molecule has 0 bridgehead atoms. The van der Waals surface area contributed by atoms with Gasteiger partial charge in [0.25, 0.3) is 0 Å². The molecular weight excluding hydrogens is 410 g/mol. The molecule has 10 atom stereocenters. The van der Waals surface area contributed by atoms with Crippen molar-refractivity contribution in [1.82, 2.24) is 0 Å². The number of aliphatic hydroxyl groups excluding tert-OH is 1. The van der Waals surface area contributed by atoms with Crippen molar-refractivity contribution in [1.29, 1.82) is 0 Å². The Bertz CT molecular complexity index is 692. The predicted octanol–water partition coefficient (Wildman–Crippen LogP) is 6.98. The number of rotatable bonds is 6. The molecule has 5 fully saturated rings. The van der Waals surface area contributed by atoms with Crippen molar-refractivity contribution in [2.45, 2.75) is 116 Å². The molecule has 0 spiro atoms. The number of fused-ring (bicyclic) bond motifs is 5. The largest absolute Gasteiger partial charge is 0.393 e. The van der Waals surface area contributed by atoms with Crippen LogP contribution < -0.4 is 0 Å². The fourth-order valence-corrected chi connectivity index (χ4v) is 10.3. The van der Waals surface area contributed by atoms with Crippen molar-refractivity contribution in [3.05, 3.63) is 4.91 Å². The van der Waals surface area contributed by atoms with Crippen molar-refractivity contribution >= 4 is 0 Å². The van der Waals surface area contributed by atoms with Gasteiger partial charge in [-0.15, -0.1) is 0 Å². The Kier molecular flexibility index (Phi) is 6.99. The number of nitrogens with zero attached hydrogens (tertiary/aromatic N) is 1. The topological polar surface area (TPSA) is 58.9 Å². The van der Waals surface area contributed by atoms with Crippen LogP contribution in [0.4, 0.5) is 0 Å². The van der Waals surface area contributed by atoms with E-state index in [2.05, 4.69) is 25.9 Å². The van der Waals surface area contributed by atoms with E-state index in [9.17, 15) is 10.0 Å². The number of ether oxygens (including phenoxy) is 1. The zero-order valence-corrected chi connectivity index (χ0v) is 21.5. The third kappa shape index (κ3) is 4.24. The van der Waals surface area contributed by atoms with Crippen molar-refractivity contribution in [3.63, 3.8) is 0 Å². The molecule has 5 rings (SSSR count). The van der Waals surface area contributed by atoms with E-state index in [1.807, 2.05) is 0 Å². The molecule has 4 heteroatoms. The standard InChI is InChI=1S/C29H49NO3/c1-19(4-9-27(30-32)20-12-16-33-17-13-20)24-7-8-25-23-6-5-21-18-22(31)10-14-28(21,2)26(23)11-15-29(24,25)3/h19-27,31H,4-18H2,1-3H3/t19-,21?,22?,23?,24?,25?,26?,27?,28?,29?/m1/s1. The van der Waals surface area contributed by atoms with Crippen molar-refractivity contribution in [2.75, 3.05) is 13.2 Å². The third-order valence-corrected chi connectivity index (χ3v) is 12.3. The summed E-state index contributed by atoms with van der Waals surface area (Å²) in [6.07, 6.45) is 15.8. The summed E-state index contributed by atoms with van der Waals surface area (Å²) in [5, 5.41) is 13.9. The van der Waals surface area contributed by atoms with Crippen LogP contribution in [-0.2, 0) is 4.74 Å². The number of hydrogen-bond acceptors (Lipinski definition) is 4. The van der Waals surface area contributed by atoms with Gasteiger partial charge in [-0.1, -0.05) is 25.9 Å². The first-order valence-electron chi connectivity index (χ1n) is 14.4. The first-order valence-corrected chi connectivity index (χ1v) is 14.4. The lowest BCUT2D eigenvalue weighted by Gasteiger charge is -2.61. The Morgan fingerprint density at radius 2 is 1.64 bits per heavy atom. The lowest BCUT2D eigenvalue weighted by molar-refractivity contribution is -0.129. The van der Waals surface area contributed by atoms with Gasteiger partial charge in [-0.05, 0) is 136 Å². The molecule has 0 amide bonds. The van der Waals surface area contributed by atoms with E-state index in [0.717, 1.165) is 81.3 Å². The summed E-state index contributed by atoms with van der Waals surface area (Å²) >= 11 is 0. The second-order valence-electron chi connectivity index (χ2n) is 13.5. The monoisotopic (exact) mass is 459 g/mol. The molecule has 1 heterocycles. The number of hydrogen-bond donors (Lipinski definition) is 1. The maximum atomic E-state index is 11.6. The maximum absolute atomic E-state index is 11.6. The zero-order valence-electron chi connectivity index (χ0n) is 21.5. The van der Waals surface area contributed by atoms with E-state index in [-0.39, 0.29) is 12.1 Å². The van der Waals surface area contributed by atoms with Crippen LogP contribution in [0, 0.1) is 57.2 Å². The third-order valence-electron chi connectivity index (χ3n) is 12.3. The van der Waals surface area contributed by atoms with E-state index < -0.39 is 0 Å². The van der Waals surface area contributed by atoms with Crippen molar-refractivity contribution in [2.24, 2.45) is 57.4 Å². The van der Waals surface area contributed by atoms with Gasteiger partial charge in [-0.25, -0.2) is 0 Å². The van der Waals surface area contributed by atoms with Gasteiger partial charge in [-0.3, -0.25) is 0 Å². The van der Waals surface area contributed by atoms with Crippen LogP contribution in [0.15, 0.2) is 5.18 Å². The van der Waals surface area contributed by atoms with Crippen molar-refractivity contribution in [3.8, 4) is 0 Å². The number of aliphatic hydroxyl groups is 1. The fraction of sp³-hybridized carbons (Fsp3) is 1.00. The smallest absolute Gasteiger partial charge is 0.0949 e. The zero-order chi connectivity index (χ0) is 23.2. The Morgan fingerprint density at radius 1 is 0.909 bits per heavy atom. The summed E-state index contributed by atoms with van der Waals surface area (Å²) < 4.78 is 5.51. The second-order valence-corrected chi connectivity index (χ2v) is 13.5. The first kappa shape index (κ1) is 24.2. The highest BCUT2D eigenvalue weighted by atomic mass is 16.5. The minimum Gasteiger partial charge on any atom is -0.393 e. The average molecular weight is 460 g/mol. The van der Waals surface area contributed by atoms with E-state index in [4.69, 9.17) is 4.74 Å². The Balaban J connectivity index is 1.24. The molecular formula is C29H49NO3. The molecule has 188 valence electrons. The lowest BCUT2D eigenvalue weighted by atomic mass is 9.44. The molecule has 1 saturated heterocycles. The van der Waals surface area contributed by atoms with Crippen LogP contribution in [0.5, 0.6) is 0 Å². The summed E-state index contributed by atoms with van der Waals surface area (Å²) in [6.45, 7) is 9.33. The Morgan fingerprint density at radius 3 is 2.39 bits per heavy atom. The highest BCUT2D eigenvalue weighted by molar-refractivity contribution is 5.09. The highest BCUT2D eigenvalue weighted by Gasteiger charge is 2.60. The molecule has 1 aliphatic heterocycles. The number of nitroso groups, excluding NO2 is 1. The van der Waals surface area contributed by atoms with Crippen molar-refractivity contribution < 1.29 is 9.84 Å². The molecule has 0 aromatic rings. The first-order chi connectivity index (χ1) is 15.9. The highest BCUT2D eigenvalue weighted by Crippen LogP contribution is 2.68. The molecule has 0 aromatic heterocycles. The molecule has 4 saturated carbocycles. The van der Waals surface area contributed by atoms with E-state index in [0.29, 0.717) is 22.7 Å². The minimum absolute atomic E-state index is 0.00558. The van der Waals surface area contributed by atoms with E-state index >= 15 is 0 Å². The van der Waals surface area contributed by atoms with Crippen LogP contribution in [0.2, 0.25) is 0 Å². The van der Waals surface area contributed by atoms with Gasteiger partial charge in [0, 0.05) is 13.2 Å². The molecule has 5 aliphatic rings. The van der Waals surface area contributed by atoms with E-state index in [1.54, 1.807) is 0 Å². The van der Waals surface area contributed by atoms with Gasteiger partial charge in [0.15, 0.2) is 0 Å². The van der Waals surface area contributed by atoms with Gasteiger partial charge in [0.2, 0.25) is 0 Å². The molecule has 1 N–H and O–H groups in total. The van der Waals surface area contributed by atoms with Gasteiger partial charge < -0.3 is 9.84 Å². The second kappa shape index (κ2) is 9.52. The lowest BCUT2D eigenvalue weighted by Crippen LogP contribution is -2.54. The maximum Gasteiger partial charge on any atom is 0.0949 e.